The van der Waals surface area contributed by atoms with Gasteiger partial charge in [-0.2, -0.15) is 0 Å². The first kappa shape index (κ1) is 10.8. The Hall–Kier alpha value is -1.23. The van der Waals surface area contributed by atoms with Crippen molar-refractivity contribution in [1.29, 1.82) is 0 Å². The highest BCUT2D eigenvalue weighted by Gasteiger charge is 2.04. The number of esters is 1. The Balaban J connectivity index is 2.60. The summed E-state index contributed by atoms with van der Waals surface area (Å²) in [5, 5.41) is 0. The molecule has 0 saturated carbocycles. The third kappa shape index (κ3) is 2.92. The molecule has 0 atom stereocenters. The topological polar surface area (TPSA) is 52.3 Å². The Bertz CT molecular complexity index is 344. The van der Waals surface area contributed by atoms with Crippen LogP contribution in [0.25, 0.3) is 0 Å². The highest BCUT2D eigenvalue weighted by Crippen LogP contribution is 2.21. The summed E-state index contributed by atoms with van der Waals surface area (Å²) in [6, 6.07) is 4.42. The number of carbonyl (C=O) groups is 1. The molecule has 0 fully saturated rings. The van der Waals surface area contributed by atoms with Crippen LogP contribution in [0.3, 0.4) is 0 Å². The van der Waals surface area contributed by atoms with E-state index in [0.717, 1.165) is 0 Å². The number of benzene rings is 1. The predicted molar refractivity (Wildman–Crippen MR) is 53.6 cm³/mol. The van der Waals surface area contributed by atoms with Crippen molar-refractivity contribution < 1.29 is 13.9 Å². The molecule has 0 aliphatic heterocycles. The minimum absolute atomic E-state index is 0.104. The van der Waals surface area contributed by atoms with Crippen molar-refractivity contribution in [2.24, 2.45) is 0 Å². The normalized spacial score (nSPS) is 9.86. The zero-order valence-electron chi connectivity index (χ0n) is 7.62. The van der Waals surface area contributed by atoms with E-state index in [1.54, 1.807) is 6.07 Å². The third-order valence-electron chi connectivity index (χ3n) is 1.56. The summed E-state index contributed by atoms with van der Waals surface area (Å²) >= 11 is 1.21. The van der Waals surface area contributed by atoms with Crippen molar-refractivity contribution in [3.8, 4) is 0 Å². The molecule has 1 aromatic rings. The van der Waals surface area contributed by atoms with Gasteiger partial charge < -0.3 is 10.5 Å². The van der Waals surface area contributed by atoms with Crippen LogP contribution in [0.2, 0.25) is 0 Å². The standard InChI is InChI=1S/C9H10FNO2S/c1-13-9(12)5-14-6-2-3-8(11)7(10)4-6/h2-4H,5,11H2,1H3. The number of hydrogen-bond acceptors (Lipinski definition) is 4. The molecule has 0 spiro atoms. The van der Waals surface area contributed by atoms with E-state index in [-0.39, 0.29) is 17.4 Å². The molecular weight excluding hydrogens is 205 g/mol. The van der Waals surface area contributed by atoms with Crippen LogP contribution < -0.4 is 5.73 Å². The van der Waals surface area contributed by atoms with E-state index in [0.29, 0.717) is 4.90 Å². The second-order valence-corrected chi connectivity index (χ2v) is 3.60. The van der Waals surface area contributed by atoms with Crippen LogP contribution >= 0.6 is 11.8 Å². The van der Waals surface area contributed by atoms with E-state index < -0.39 is 5.82 Å². The van der Waals surface area contributed by atoms with E-state index >= 15 is 0 Å². The average Bonchev–Trinajstić information content (AvgIpc) is 2.19. The third-order valence-corrected chi connectivity index (χ3v) is 2.52. The lowest BCUT2D eigenvalue weighted by Gasteiger charge is -2.01. The molecule has 3 nitrogen and oxygen atoms in total. The minimum Gasteiger partial charge on any atom is -0.468 e. The zero-order valence-corrected chi connectivity index (χ0v) is 8.44. The van der Waals surface area contributed by atoms with Crippen LogP contribution in [-0.2, 0) is 9.53 Å². The molecule has 0 amide bonds. The summed E-state index contributed by atoms with van der Waals surface area (Å²) in [5.74, 6) is -0.646. The SMILES string of the molecule is COC(=O)CSc1ccc(N)c(F)c1. The van der Waals surface area contributed by atoms with Gasteiger partial charge in [-0.05, 0) is 18.2 Å². The largest absolute Gasteiger partial charge is 0.468 e. The first-order chi connectivity index (χ1) is 6.63. The maximum absolute atomic E-state index is 12.9. The van der Waals surface area contributed by atoms with Gasteiger partial charge in [0.25, 0.3) is 0 Å². The van der Waals surface area contributed by atoms with Gasteiger partial charge in [-0.3, -0.25) is 4.79 Å². The summed E-state index contributed by atoms with van der Waals surface area (Å²) in [6.45, 7) is 0. The first-order valence-electron chi connectivity index (χ1n) is 3.88. The van der Waals surface area contributed by atoms with E-state index in [1.807, 2.05) is 0 Å². The molecule has 0 aromatic heterocycles. The van der Waals surface area contributed by atoms with E-state index in [2.05, 4.69) is 4.74 Å². The van der Waals surface area contributed by atoms with Crippen LogP contribution in [0.5, 0.6) is 0 Å². The first-order valence-corrected chi connectivity index (χ1v) is 4.86. The summed E-state index contributed by atoms with van der Waals surface area (Å²) < 4.78 is 17.4. The maximum Gasteiger partial charge on any atom is 0.315 e. The fourth-order valence-corrected chi connectivity index (χ4v) is 1.55. The number of halogens is 1. The van der Waals surface area contributed by atoms with Crippen LogP contribution in [0.1, 0.15) is 0 Å². The van der Waals surface area contributed by atoms with Gasteiger partial charge in [0, 0.05) is 4.90 Å². The second-order valence-electron chi connectivity index (χ2n) is 2.55. The zero-order chi connectivity index (χ0) is 10.6. The van der Waals surface area contributed by atoms with Gasteiger partial charge in [-0.25, -0.2) is 4.39 Å². The van der Waals surface area contributed by atoms with Gasteiger partial charge >= 0.3 is 5.97 Å². The fourth-order valence-electron chi connectivity index (χ4n) is 0.799. The molecule has 1 rings (SSSR count). The number of thioether (sulfide) groups is 1. The van der Waals surface area contributed by atoms with Crippen LogP contribution in [-0.4, -0.2) is 18.8 Å². The molecular formula is C9H10FNO2S. The molecule has 14 heavy (non-hydrogen) atoms. The van der Waals surface area contributed by atoms with E-state index in [1.165, 1.54) is 31.0 Å². The monoisotopic (exact) mass is 215 g/mol. The van der Waals surface area contributed by atoms with Crippen LogP contribution in [0, 0.1) is 5.82 Å². The van der Waals surface area contributed by atoms with Crippen molar-refractivity contribution >= 4 is 23.4 Å². The van der Waals surface area contributed by atoms with Crippen LogP contribution in [0.4, 0.5) is 10.1 Å². The summed E-state index contributed by atoms with van der Waals surface area (Å²) in [6.07, 6.45) is 0. The summed E-state index contributed by atoms with van der Waals surface area (Å²) in [5.41, 5.74) is 5.40. The van der Waals surface area contributed by atoms with Gasteiger partial charge in [-0.1, -0.05) is 0 Å². The lowest BCUT2D eigenvalue weighted by atomic mass is 10.3. The van der Waals surface area contributed by atoms with Gasteiger partial charge in [0.2, 0.25) is 0 Å². The predicted octanol–water partition coefficient (Wildman–Crippen LogP) is 1.67. The fraction of sp³-hybridized carbons (Fsp3) is 0.222. The Morgan fingerprint density at radius 2 is 2.36 bits per heavy atom. The minimum atomic E-state index is -0.472. The number of ether oxygens (including phenoxy) is 1. The molecule has 2 N–H and O–H groups in total. The number of methoxy groups -OCH3 is 1. The molecule has 0 unspecified atom stereocenters. The van der Waals surface area contributed by atoms with Crippen molar-refractivity contribution in [2.75, 3.05) is 18.6 Å². The number of nitrogens with two attached hydrogens (primary N) is 1. The number of anilines is 1. The summed E-state index contributed by atoms with van der Waals surface area (Å²) in [7, 11) is 1.31. The van der Waals surface area contributed by atoms with E-state index in [4.69, 9.17) is 5.73 Å². The molecule has 0 bridgehead atoms. The second kappa shape index (κ2) is 4.85. The van der Waals surface area contributed by atoms with Gasteiger partial charge in [0.15, 0.2) is 0 Å². The Kier molecular flexibility index (Phi) is 3.76. The van der Waals surface area contributed by atoms with Gasteiger partial charge in [0.05, 0.1) is 18.6 Å². The Morgan fingerprint density at radius 3 is 2.93 bits per heavy atom. The Labute approximate surface area is 85.4 Å². The lowest BCUT2D eigenvalue weighted by Crippen LogP contribution is -2.02. The number of hydrogen-bond donors (Lipinski definition) is 1. The highest BCUT2D eigenvalue weighted by atomic mass is 32.2. The van der Waals surface area contributed by atoms with Gasteiger partial charge in [-0.15, -0.1) is 11.8 Å². The van der Waals surface area contributed by atoms with E-state index in [9.17, 15) is 9.18 Å². The Morgan fingerprint density at radius 1 is 1.64 bits per heavy atom. The summed E-state index contributed by atoms with van der Waals surface area (Å²) in [4.78, 5) is 11.4. The molecule has 5 heteroatoms. The van der Waals surface area contributed by atoms with Crippen molar-refractivity contribution in [3.63, 3.8) is 0 Å². The smallest absolute Gasteiger partial charge is 0.315 e. The van der Waals surface area contributed by atoms with Crippen molar-refractivity contribution in [2.45, 2.75) is 4.90 Å². The highest BCUT2D eigenvalue weighted by molar-refractivity contribution is 8.00. The average molecular weight is 215 g/mol. The molecule has 76 valence electrons. The maximum atomic E-state index is 12.9. The molecule has 1 aromatic carbocycles. The van der Waals surface area contributed by atoms with Crippen molar-refractivity contribution in [1.82, 2.24) is 0 Å². The number of rotatable bonds is 3. The number of nitrogen functional groups attached to an aromatic ring is 1. The molecule has 0 aliphatic carbocycles. The quantitative estimate of drug-likeness (QED) is 0.473. The van der Waals surface area contributed by atoms with Crippen LogP contribution in [0.15, 0.2) is 23.1 Å². The molecule has 0 heterocycles. The molecule has 0 aliphatic rings. The molecule has 0 radical (unpaired) electrons. The lowest BCUT2D eigenvalue weighted by molar-refractivity contribution is -0.137. The molecule has 0 saturated heterocycles. The number of carbonyl (C=O) groups excluding carboxylic acids is 1. The van der Waals surface area contributed by atoms with Crippen molar-refractivity contribution in [3.05, 3.63) is 24.0 Å². The van der Waals surface area contributed by atoms with Gasteiger partial charge in [0.1, 0.15) is 5.82 Å².